The van der Waals surface area contributed by atoms with E-state index in [4.69, 9.17) is 4.74 Å². The van der Waals surface area contributed by atoms with Gasteiger partial charge in [-0.25, -0.2) is 22.8 Å². The summed E-state index contributed by atoms with van der Waals surface area (Å²) in [5.74, 6) is -0.350. The zero-order valence-electron chi connectivity index (χ0n) is 15.7. The van der Waals surface area contributed by atoms with Crippen molar-refractivity contribution in [2.45, 2.75) is 43.1 Å². The molecule has 152 valence electrons. The summed E-state index contributed by atoms with van der Waals surface area (Å²) in [5, 5.41) is 6.96. The Hall–Kier alpha value is -3.01. The van der Waals surface area contributed by atoms with E-state index in [2.05, 4.69) is 24.9 Å². The number of hydrogen-bond acceptors (Lipinski definition) is 6. The smallest absolute Gasteiger partial charge is 0.265 e. The maximum atomic E-state index is 14.7. The van der Waals surface area contributed by atoms with E-state index in [0.717, 1.165) is 31.0 Å². The lowest BCUT2D eigenvalue weighted by molar-refractivity contribution is 0.186. The average molecular weight is 417 g/mol. The number of sulfonamides is 1. The normalized spacial score (nSPS) is 19.2. The summed E-state index contributed by atoms with van der Waals surface area (Å²) in [7, 11) is -4.14. The van der Waals surface area contributed by atoms with Crippen molar-refractivity contribution in [1.82, 2.24) is 20.2 Å². The number of anilines is 1. The molecule has 1 aromatic carbocycles. The van der Waals surface area contributed by atoms with E-state index in [9.17, 15) is 12.8 Å². The van der Waals surface area contributed by atoms with Gasteiger partial charge >= 0.3 is 0 Å². The maximum Gasteiger partial charge on any atom is 0.265 e. The highest BCUT2D eigenvalue weighted by molar-refractivity contribution is 7.92. The largest absolute Gasteiger partial charge is 0.489 e. The summed E-state index contributed by atoms with van der Waals surface area (Å²) in [6, 6.07) is 5.70. The fraction of sp³-hybridized carbons (Fsp3) is 0.316. The minimum Gasteiger partial charge on any atom is -0.489 e. The zero-order chi connectivity index (χ0) is 20.4. The third kappa shape index (κ3) is 4.07. The number of H-pyrrole nitrogens is 1. The predicted octanol–water partition coefficient (Wildman–Crippen LogP) is 3.16. The highest BCUT2D eigenvalue weighted by Gasteiger charge is 2.32. The molecule has 29 heavy (non-hydrogen) atoms. The van der Waals surface area contributed by atoms with Crippen LogP contribution in [0.25, 0.3) is 0 Å². The molecule has 2 heterocycles. The van der Waals surface area contributed by atoms with Crippen LogP contribution in [0.1, 0.15) is 36.4 Å². The van der Waals surface area contributed by atoms with Crippen molar-refractivity contribution >= 4 is 15.8 Å². The highest BCUT2D eigenvalue weighted by atomic mass is 32.2. The van der Waals surface area contributed by atoms with E-state index >= 15 is 0 Å². The van der Waals surface area contributed by atoms with Crippen molar-refractivity contribution in [3.63, 3.8) is 0 Å². The lowest BCUT2D eigenvalue weighted by Gasteiger charge is -2.22. The summed E-state index contributed by atoms with van der Waals surface area (Å²) in [6.45, 7) is 1.69. The van der Waals surface area contributed by atoms with Crippen molar-refractivity contribution < 1.29 is 17.5 Å². The fourth-order valence-electron chi connectivity index (χ4n) is 3.57. The van der Waals surface area contributed by atoms with Gasteiger partial charge in [-0.1, -0.05) is 0 Å². The van der Waals surface area contributed by atoms with Gasteiger partial charge in [0.05, 0.1) is 0 Å². The number of hydrogen-bond donors (Lipinski definition) is 2. The number of aromatic amines is 1. The molecule has 1 aliphatic carbocycles. The second kappa shape index (κ2) is 7.78. The van der Waals surface area contributed by atoms with E-state index in [-0.39, 0.29) is 17.8 Å². The van der Waals surface area contributed by atoms with Crippen LogP contribution in [0.15, 0.2) is 47.9 Å². The monoisotopic (exact) mass is 417 g/mol. The van der Waals surface area contributed by atoms with Crippen LogP contribution in [0.3, 0.4) is 0 Å². The molecule has 1 fully saturated rings. The van der Waals surface area contributed by atoms with E-state index in [1.54, 1.807) is 13.1 Å². The fourth-order valence-corrected chi connectivity index (χ4v) is 4.73. The zero-order valence-corrected chi connectivity index (χ0v) is 16.5. The molecule has 1 saturated carbocycles. The van der Waals surface area contributed by atoms with Crippen molar-refractivity contribution in [2.75, 3.05) is 4.72 Å². The second-order valence-corrected chi connectivity index (χ2v) is 8.60. The van der Waals surface area contributed by atoms with Gasteiger partial charge in [0.1, 0.15) is 34.7 Å². The molecule has 0 spiro atoms. The third-order valence-corrected chi connectivity index (χ3v) is 6.36. The van der Waals surface area contributed by atoms with Gasteiger partial charge in [0.15, 0.2) is 0 Å². The summed E-state index contributed by atoms with van der Waals surface area (Å²) in [6.07, 6.45) is 6.93. The highest BCUT2D eigenvalue weighted by Crippen LogP contribution is 2.37. The summed E-state index contributed by atoms with van der Waals surface area (Å²) in [5.41, 5.74) is 1.52. The molecule has 0 bridgehead atoms. The summed E-state index contributed by atoms with van der Waals surface area (Å²) in [4.78, 5) is 7.06. The molecular formula is C19H20FN5O3S. The minimum atomic E-state index is -4.14. The first kappa shape index (κ1) is 19.3. The molecule has 0 saturated heterocycles. The van der Waals surface area contributed by atoms with E-state index in [1.807, 2.05) is 6.07 Å². The molecule has 8 nitrogen and oxygen atoms in total. The second-order valence-electron chi connectivity index (χ2n) is 6.95. The number of halogens is 1. The van der Waals surface area contributed by atoms with E-state index < -0.39 is 20.7 Å². The van der Waals surface area contributed by atoms with Gasteiger partial charge in [0.25, 0.3) is 10.0 Å². The summed E-state index contributed by atoms with van der Waals surface area (Å²) >= 11 is 0. The van der Waals surface area contributed by atoms with Gasteiger partial charge in [-0.15, -0.1) is 0 Å². The van der Waals surface area contributed by atoms with E-state index in [1.165, 1.54) is 24.7 Å². The molecule has 3 aromatic rings. The van der Waals surface area contributed by atoms with Crippen molar-refractivity contribution in [3.8, 4) is 5.75 Å². The van der Waals surface area contributed by atoms with Crippen LogP contribution in [-0.4, -0.2) is 34.7 Å². The number of ether oxygens (including phenoxy) is 1. The number of nitrogens with zero attached hydrogens (tertiary/aromatic N) is 3. The van der Waals surface area contributed by atoms with Gasteiger partial charge in [0, 0.05) is 30.1 Å². The van der Waals surface area contributed by atoms with Gasteiger partial charge < -0.3 is 4.74 Å². The van der Waals surface area contributed by atoms with Crippen LogP contribution >= 0.6 is 0 Å². The third-order valence-electron chi connectivity index (χ3n) is 4.99. The van der Waals surface area contributed by atoms with Gasteiger partial charge in [-0.3, -0.25) is 9.82 Å². The Morgan fingerprint density at radius 1 is 1.24 bits per heavy atom. The van der Waals surface area contributed by atoms with E-state index in [0.29, 0.717) is 11.3 Å². The molecule has 2 aromatic heterocycles. The van der Waals surface area contributed by atoms with Crippen LogP contribution in [0.5, 0.6) is 5.75 Å². The molecule has 4 rings (SSSR count). The Balaban J connectivity index is 1.57. The first-order chi connectivity index (χ1) is 13.9. The van der Waals surface area contributed by atoms with Crippen molar-refractivity contribution in [1.29, 1.82) is 0 Å². The molecular weight excluding hydrogens is 397 g/mol. The molecule has 0 radical (unpaired) electrons. The standard InChI is InChI=1S/C19H20FN5O3S/c1-12-9-18(29(26,27)25-19-6-7-21-11-22-19)14(20)10-17(12)28-16-4-2-3-13(16)15-5-8-23-24-15/h5-11,13,16H,2-4H2,1H3,(H,23,24)(H,21,22,25)/t13-,16+/m0/s1. The molecule has 0 aliphatic heterocycles. The Bertz CT molecular complexity index is 1090. The maximum absolute atomic E-state index is 14.7. The Labute approximate surface area is 167 Å². The Morgan fingerprint density at radius 2 is 2.10 bits per heavy atom. The van der Waals surface area contributed by atoms with Gasteiger partial charge in [-0.05, 0) is 49.9 Å². The Morgan fingerprint density at radius 3 is 2.83 bits per heavy atom. The molecule has 1 aliphatic rings. The Kier molecular flexibility index (Phi) is 5.18. The van der Waals surface area contributed by atoms with Crippen LogP contribution in [-0.2, 0) is 10.0 Å². The lowest BCUT2D eigenvalue weighted by atomic mass is 10.0. The van der Waals surface area contributed by atoms with Crippen LogP contribution in [0, 0.1) is 12.7 Å². The first-order valence-electron chi connectivity index (χ1n) is 9.19. The van der Waals surface area contributed by atoms with Gasteiger partial charge in [-0.2, -0.15) is 5.10 Å². The predicted molar refractivity (Wildman–Crippen MR) is 104 cm³/mol. The summed E-state index contributed by atoms with van der Waals surface area (Å²) < 4.78 is 48.2. The van der Waals surface area contributed by atoms with Crippen molar-refractivity contribution in [2.24, 2.45) is 0 Å². The molecule has 0 unspecified atom stereocenters. The first-order valence-corrected chi connectivity index (χ1v) is 10.7. The number of benzene rings is 1. The molecule has 2 N–H and O–H groups in total. The number of rotatable bonds is 6. The lowest BCUT2D eigenvalue weighted by Crippen LogP contribution is -2.21. The molecule has 2 atom stereocenters. The van der Waals surface area contributed by atoms with Crippen molar-refractivity contribution in [3.05, 3.63) is 60.1 Å². The number of aryl methyl sites for hydroxylation is 1. The topological polar surface area (TPSA) is 110 Å². The average Bonchev–Trinajstić information content (AvgIpc) is 3.36. The number of nitrogens with one attached hydrogen (secondary N) is 2. The quantitative estimate of drug-likeness (QED) is 0.638. The molecule has 10 heteroatoms. The van der Waals surface area contributed by atoms with Crippen LogP contribution in [0.4, 0.5) is 10.2 Å². The SMILES string of the molecule is Cc1cc(S(=O)(=O)Nc2ccncn2)c(F)cc1O[C@@H]1CCC[C@H]1c1ccn[nH]1. The molecule has 0 amide bonds. The van der Waals surface area contributed by atoms with Gasteiger partial charge in [0.2, 0.25) is 0 Å². The minimum absolute atomic E-state index is 0.0609. The number of aromatic nitrogens is 4. The van der Waals surface area contributed by atoms with Crippen LogP contribution in [0.2, 0.25) is 0 Å². The van der Waals surface area contributed by atoms with Crippen LogP contribution < -0.4 is 9.46 Å².